The van der Waals surface area contributed by atoms with E-state index < -0.39 is 0 Å². The molecule has 0 heterocycles. The van der Waals surface area contributed by atoms with Gasteiger partial charge in [-0.1, -0.05) is 30.8 Å². The highest BCUT2D eigenvalue weighted by atomic mass is 16.1. The molecule has 118 valence electrons. The number of fused-ring (bicyclic) bond motifs is 4. The molecule has 1 nitrogen and oxygen atoms in total. The number of hydrogen-bond donors (Lipinski definition) is 0. The molecule has 2 radical (unpaired) electrons. The highest BCUT2D eigenvalue weighted by molar-refractivity contribution is 6.24. The van der Waals surface area contributed by atoms with Crippen LogP contribution in [0, 0.1) is 0 Å². The Labute approximate surface area is 145 Å². The van der Waals surface area contributed by atoms with Crippen molar-refractivity contribution in [2.45, 2.75) is 44.8 Å². The lowest BCUT2D eigenvalue weighted by atomic mass is 9.83. The third kappa shape index (κ3) is 2.54. The van der Waals surface area contributed by atoms with Crippen molar-refractivity contribution in [2.75, 3.05) is 0 Å². The first-order chi connectivity index (χ1) is 11.7. The Bertz CT molecular complexity index is 847. The molecule has 0 atom stereocenters. The van der Waals surface area contributed by atoms with Gasteiger partial charge in [-0.2, -0.15) is 0 Å². The quantitative estimate of drug-likeness (QED) is 0.566. The fourth-order valence-electron chi connectivity index (χ4n) is 4.13. The summed E-state index contributed by atoms with van der Waals surface area (Å²) < 4.78 is 0. The largest absolute Gasteiger partial charge is 0.295 e. The van der Waals surface area contributed by atoms with Crippen LogP contribution in [0.4, 0.5) is 0 Å². The van der Waals surface area contributed by atoms with E-state index in [0.717, 1.165) is 37.7 Å². The molecule has 2 aromatic carbocycles. The number of allylic oxidation sites excluding steroid dienone is 1. The molecule has 0 unspecified atom stereocenters. The van der Waals surface area contributed by atoms with Crippen LogP contribution in [0.25, 0.3) is 16.7 Å². The topological polar surface area (TPSA) is 17.1 Å². The summed E-state index contributed by atoms with van der Waals surface area (Å²) in [7, 11) is 5.52. The Kier molecular flexibility index (Phi) is 3.92. The van der Waals surface area contributed by atoms with Crippen molar-refractivity contribution >= 4 is 19.2 Å². The normalized spacial score (nSPS) is 15.9. The van der Waals surface area contributed by atoms with Gasteiger partial charge in [-0.25, -0.2) is 0 Å². The maximum absolute atomic E-state index is 11.9. The van der Waals surface area contributed by atoms with Gasteiger partial charge in [0.05, 0.1) is 7.85 Å². The maximum atomic E-state index is 11.9. The van der Waals surface area contributed by atoms with Crippen molar-refractivity contribution in [3.8, 4) is 11.1 Å². The van der Waals surface area contributed by atoms with E-state index >= 15 is 0 Å². The zero-order chi connectivity index (χ0) is 16.7. The lowest BCUT2D eigenvalue weighted by Gasteiger charge is -2.21. The zero-order valence-electron chi connectivity index (χ0n) is 14.0. The first-order valence-electron chi connectivity index (χ1n) is 8.88. The van der Waals surface area contributed by atoms with E-state index in [0.29, 0.717) is 0 Å². The van der Waals surface area contributed by atoms with E-state index in [-0.39, 0.29) is 12.1 Å². The van der Waals surface area contributed by atoms with E-state index in [1.54, 1.807) is 0 Å². The van der Waals surface area contributed by atoms with Crippen LogP contribution >= 0.6 is 0 Å². The molecule has 0 aromatic heterocycles. The Hall–Kier alpha value is -2.09. The zero-order valence-corrected chi connectivity index (χ0v) is 14.0. The van der Waals surface area contributed by atoms with E-state index in [1.807, 2.05) is 6.07 Å². The first kappa shape index (κ1) is 15.4. The highest BCUT2D eigenvalue weighted by Gasteiger charge is 2.20. The van der Waals surface area contributed by atoms with Crippen LogP contribution in [0.5, 0.6) is 0 Å². The molecular formula is C22H21BO. The van der Waals surface area contributed by atoms with Crippen molar-refractivity contribution in [3.63, 3.8) is 0 Å². The van der Waals surface area contributed by atoms with Crippen molar-refractivity contribution in [3.05, 3.63) is 64.7 Å². The molecule has 0 amide bonds. The fourth-order valence-corrected chi connectivity index (χ4v) is 4.13. The van der Waals surface area contributed by atoms with Gasteiger partial charge in [0.2, 0.25) is 0 Å². The average molecular weight is 312 g/mol. The van der Waals surface area contributed by atoms with E-state index in [1.165, 1.54) is 45.4 Å². The van der Waals surface area contributed by atoms with Crippen LogP contribution in [0.3, 0.4) is 0 Å². The molecule has 0 aliphatic heterocycles. The summed E-state index contributed by atoms with van der Waals surface area (Å²) in [5, 5.41) is 0. The second-order valence-corrected chi connectivity index (χ2v) is 6.98. The summed E-state index contributed by atoms with van der Waals surface area (Å²) in [6.07, 6.45) is 6.75. The number of benzene rings is 2. The minimum Gasteiger partial charge on any atom is -0.295 e. The molecule has 0 spiro atoms. The number of ketones is 1. The first-order valence-corrected chi connectivity index (χ1v) is 8.88. The number of rotatable bonds is 2. The summed E-state index contributed by atoms with van der Waals surface area (Å²) in [6.45, 7) is 4.26. The molecule has 4 rings (SSSR count). The van der Waals surface area contributed by atoms with Gasteiger partial charge in [-0.15, -0.1) is 0 Å². The van der Waals surface area contributed by atoms with Gasteiger partial charge in [-0.3, -0.25) is 4.79 Å². The maximum Gasteiger partial charge on any atom is 0.154 e. The van der Waals surface area contributed by atoms with Crippen LogP contribution in [-0.4, -0.2) is 13.6 Å². The number of aryl methyl sites for hydroxylation is 3. The van der Waals surface area contributed by atoms with Gasteiger partial charge in [0.1, 0.15) is 0 Å². The van der Waals surface area contributed by atoms with Gasteiger partial charge >= 0.3 is 0 Å². The van der Waals surface area contributed by atoms with Crippen molar-refractivity contribution in [1.82, 2.24) is 0 Å². The highest BCUT2D eigenvalue weighted by Crippen LogP contribution is 2.39. The molecule has 2 heteroatoms. The molecule has 0 fully saturated rings. The van der Waals surface area contributed by atoms with E-state index in [2.05, 4.69) is 30.8 Å². The van der Waals surface area contributed by atoms with Crippen molar-refractivity contribution in [2.24, 2.45) is 0 Å². The molecular weight excluding hydrogens is 291 g/mol. The third-order valence-electron chi connectivity index (χ3n) is 5.43. The average Bonchev–Trinajstić information content (AvgIpc) is 2.78. The van der Waals surface area contributed by atoms with Gasteiger partial charge in [0.15, 0.2) is 5.78 Å². The molecule has 0 saturated heterocycles. The van der Waals surface area contributed by atoms with E-state index in [9.17, 15) is 4.79 Å². The summed E-state index contributed by atoms with van der Waals surface area (Å²) in [4.78, 5) is 11.9. The fraction of sp³-hybridized carbons (Fsp3) is 0.318. The summed E-state index contributed by atoms with van der Waals surface area (Å²) in [6, 6.07) is 10.9. The molecule has 0 saturated carbocycles. The standard InChI is InChI=1S/C22H21BO/c1-14-4-2-5-16-12-21-17(11-20(14)16)7-3-6-15-10-18(22(24)13-23)8-9-19(15)21/h8-12H,1-7,13H2. The van der Waals surface area contributed by atoms with Crippen LogP contribution in [0.15, 0.2) is 36.9 Å². The predicted octanol–water partition coefficient (Wildman–Crippen LogP) is 4.96. The number of Topliss-reactive ketones (excluding diaryl/α,β-unsaturated/α-hetero) is 1. The number of hydrogen-bond acceptors (Lipinski definition) is 1. The van der Waals surface area contributed by atoms with Crippen LogP contribution in [-0.2, 0) is 19.3 Å². The second kappa shape index (κ2) is 6.09. The lowest BCUT2D eigenvalue weighted by molar-refractivity contribution is 0.101. The van der Waals surface area contributed by atoms with Crippen molar-refractivity contribution in [1.29, 1.82) is 0 Å². The van der Waals surface area contributed by atoms with Crippen LogP contribution in [0.2, 0.25) is 6.32 Å². The Balaban J connectivity index is 1.86. The van der Waals surface area contributed by atoms with Crippen LogP contribution in [0.1, 0.15) is 51.9 Å². The molecule has 24 heavy (non-hydrogen) atoms. The Morgan fingerprint density at radius 2 is 1.50 bits per heavy atom. The van der Waals surface area contributed by atoms with E-state index in [4.69, 9.17) is 7.85 Å². The molecule has 0 bridgehead atoms. The predicted molar refractivity (Wildman–Crippen MR) is 101 cm³/mol. The number of carbonyl (C=O) groups is 1. The minimum absolute atomic E-state index is 0.0176. The smallest absolute Gasteiger partial charge is 0.154 e. The Morgan fingerprint density at radius 3 is 2.25 bits per heavy atom. The SMILES string of the molecule is [B]CC(=O)c1ccc2c(c1)CCCc1cc3c(cc1-2)CCCC3=C. The summed E-state index contributed by atoms with van der Waals surface area (Å²) in [5.41, 5.74) is 10.2. The van der Waals surface area contributed by atoms with Gasteiger partial charge < -0.3 is 0 Å². The molecule has 2 aromatic rings. The number of carbonyl (C=O) groups excluding carboxylic acids is 1. The van der Waals surface area contributed by atoms with Gasteiger partial charge in [0.25, 0.3) is 0 Å². The molecule has 0 N–H and O–H groups in total. The molecule has 2 aliphatic rings. The third-order valence-corrected chi connectivity index (χ3v) is 5.43. The summed E-state index contributed by atoms with van der Waals surface area (Å²) in [5.74, 6) is 0.0176. The summed E-state index contributed by atoms with van der Waals surface area (Å²) >= 11 is 0. The lowest BCUT2D eigenvalue weighted by Crippen LogP contribution is -2.04. The minimum atomic E-state index is 0.0176. The van der Waals surface area contributed by atoms with Crippen molar-refractivity contribution < 1.29 is 4.79 Å². The molecule has 2 aliphatic carbocycles. The van der Waals surface area contributed by atoms with Gasteiger partial charge in [-0.05, 0) is 89.9 Å². The monoisotopic (exact) mass is 312 g/mol. The second-order valence-electron chi connectivity index (χ2n) is 6.98. The Morgan fingerprint density at radius 1 is 0.875 bits per heavy atom. The van der Waals surface area contributed by atoms with Gasteiger partial charge in [0, 0.05) is 5.56 Å². The van der Waals surface area contributed by atoms with Crippen LogP contribution < -0.4 is 0 Å².